The molecule has 1 N–H and O–H groups in total. The third kappa shape index (κ3) is 2.83. The Balaban J connectivity index is 1.62. The highest BCUT2D eigenvalue weighted by atomic mass is 32.2. The van der Waals surface area contributed by atoms with Gasteiger partial charge in [-0.15, -0.1) is 0 Å². The first-order valence-corrected chi connectivity index (χ1v) is 9.10. The molecule has 2 heterocycles. The van der Waals surface area contributed by atoms with Crippen LogP contribution in [0.5, 0.6) is 0 Å². The molecule has 118 valence electrons. The molecule has 1 aromatic heterocycles. The monoisotopic (exact) mass is 323 g/mol. The fraction of sp³-hybridized carbons (Fsp3) is 0.316. The van der Waals surface area contributed by atoms with Crippen LogP contribution in [0, 0.1) is 6.92 Å². The van der Waals surface area contributed by atoms with Gasteiger partial charge in [0.1, 0.15) is 0 Å². The van der Waals surface area contributed by atoms with Crippen LogP contribution in [0.3, 0.4) is 0 Å². The molecule has 0 atom stereocenters. The van der Waals surface area contributed by atoms with Crippen molar-refractivity contribution in [2.45, 2.75) is 30.7 Å². The van der Waals surface area contributed by atoms with Gasteiger partial charge in [0.2, 0.25) is 0 Å². The third-order valence-electron chi connectivity index (χ3n) is 4.47. The Morgan fingerprint density at radius 2 is 2.13 bits per heavy atom. The van der Waals surface area contributed by atoms with Gasteiger partial charge in [0.05, 0.1) is 11.0 Å². The minimum absolute atomic E-state index is 0.953. The lowest BCUT2D eigenvalue weighted by atomic mass is 9.96. The minimum atomic E-state index is 0.953. The number of anilines is 1. The number of fused-ring (bicyclic) bond motifs is 2. The molecule has 1 aliphatic heterocycles. The molecule has 4 rings (SSSR count). The second-order valence-electron chi connectivity index (χ2n) is 6.30. The summed E-state index contributed by atoms with van der Waals surface area (Å²) in [5.74, 6) is 0.953. The van der Waals surface area contributed by atoms with Crippen molar-refractivity contribution in [2.75, 3.05) is 18.5 Å². The number of benzene rings is 2. The molecular weight excluding hydrogens is 302 g/mol. The average molecular weight is 323 g/mol. The van der Waals surface area contributed by atoms with Crippen molar-refractivity contribution < 1.29 is 0 Å². The van der Waals surface area contributed by atoms with Crippen molar-refractivity contribution in [3.05, 3.63) is 53.1 Å². The molecule has 0 fully saturated rings. The van der Waals surface area contributed by atoms with Gasteiger partial charge in [0, 0.05) is 25.0 Å². The minimum Gasteiger partial charge on any atom is -0.374 e. The van der Waals surface area contributed by atoms with Gasteiger partial charge < -0.3 is 9.88 Å². The summed E-state index contributed by atoms with van der Waals surface area (Å²) in [6.45, 7) is 3.35. The van der Waals surface area contributed by atoms with Crippen molar-refractivity contribution in [1.82, 2.24) is 9.97 Å². The molecule has 4 heteroatoms. The Labute approximate surface area is 141 Å². The summed E-state index contributed by atoms with van der Waals surface area (Å²) in [4.78, 5) is 10.5. The average Bonchev–Trinajstić information content (AvgIpc) is 2.95. The van der Waals surface area contributed by atoms with Crippen LogP contribution in [0.25, 0.3) is 11.0 Å². The number of thioether (sulfide) groups is 1. The Bertz CT molecular complexity index is 820. The van der Waals surface area contributed by atoms with Crippen molar-refractivity contribution in [1.29, 1.82) is 0 Å². The van der Waals surface area contributed by atoms with Crippen LogP contribution in [-0.2, 0) is 12.2 Å². The van der Waals surface area contributed by atoms with Crippen molar-refractivity contribution in [2.24, 2.45) is 0 Å². The zero-order valence-electron chi connectivity index (χ0n) is 13.6. The molecule has 0 spiro atoms. The van der Waals surface area contributed by atoms with Crippen LogP contribution in [-0.4, -0.2) is 23.6 Å². The lowest BCUT2D eigenvalue weighted by Crippen LogP contribution is -2.26. The van der Waals surface area contributed by atoms with Gasteiger partial charge in [-0.2, -0.15) is 0 Å². The van der Waals surface area contributed by atoms with Gasteiger partial charge in [-0.05, 0) is 43.0 Å². The number of nitrogens with zero attached hydrogens (tertiary/aromatic N) is 2. The maximum atomic E-state index is 4.68. The highest BCUT2D eigenvalue weighted by Gasteiger charge is 2.18. The molecular formula is C19H21N3S. The van der Waals surface area contributed by atoms with E-state index in [2.05, 4.69) is 53.1 Å². The molecule has 0 saturated carbocycles. The van der Waals surface area contributed by atoms with Gasteiger partial charge >= 0.3 is 0 Å². The van der Waals surface area contributed by atoms with Crippen LogP contribution < -0.4 is 4.90 Å². The molecule has 1 aliphatic rings. The van der Waals surface area contributed by atoms with Gasteiger partial charge in [-0.3, -0.25) is 0 Å². The van der Waals surface area contributed by atoms with Gasteiger partial charge in [-0.25, -0.2) is 4.98 Å². The molecule has 2 aromatic carbocycles. The fourth-order valence-electron chi connectivity index (χ4n) is 3.49. The summed E-state index contributed by atoms with van der Waals surface area (Å²) in [5, 5.41) is 1.000. The van der Waals surface area contributed by atoms with Gasteiger partial charge in [-0.1, -0.05) is 41.6 Å². The Morgan fingerprint density at radius 1 is 1.26 bits per heavy atom. The summed E-state index contributed by atoms with van der Waals surface area (Å²) < 4.78 is 0. The quantitative estimate of drug-likeness (QED) is 0.718. The zero-order valence-corrected chi connectivity index (χ0v) is 14.4. The normalized spacial score (nSPS) is 14.3. The Kier molecular flexibility index (Phi) is 3.77. The number of hydrogen-bond acceptors (Lipinski definition) is 3. The molecule has 0 unspecified atom stereocenters. The van der Waals surface area contributed by atoms with Crippen molar-refractivity contribution in [3.8, 4) is 0 Å². The summed E-state index contributed by atoms with van der Waals surface area (Å²) in [6, 6.07) is 12.9. The molecule has 0 bridgehead atoms. The van der Waals surface area contributed by atoms with Crippen LogP contribution in [0.15, 0.2) is 41.6 Å². The largest absolute Gasteiger partial charge is 0.374 e. The standard InChI is InChI=1S/C19H21N3S/c1-13-10-14-6-5-9-22(2)18(14)15(11-13)12-23-19-20-16-7-3-4-8-17(16)21-19/h3-4,7-8,10-11H,5-6,9,12H2,1-2H3,(H,20,21). The summed E-state index contributed by atoms with van der Waals surface area (Å²) in [6.07, 6.45) is 2.45. The maximum absolute atomic E-state index is 4.68. The van der Waals surface area contributed by atoms with Crippen molar-refractivity contribution in [3.63, 3.8) is 0 Å². The van der Waals surface area contributed by atoms with Gasteiger partial charge in [0.15, 0.2) is 5.16 Å². The predicted octanol–water partition coefficient (Wildman–Crippen LogP) is 4.55. The molecule has 0 aliphatic carbocycles. The van der Waals surface area contributed by atoms with E-state index in [-0.39, 0.29) is 0 Å². The second kappa shape index (κ2) is 5.93. The number of aromatic nitrogens is 2. The highest BCUT2D eigenvalue weighted by molar-refractivity contribution is 7.98. The van der Waals surface area contributed by atoms with E-state index in [9.17, 15) is 0 Å². The number of aryl methyl sites for hydroxylation is 2. The Hall–Kier alpha value is -1.94. The van der Waals surface area contributed by atoms with E-state index in [4.69, 9.17) is 0 Å². The Morgan fingerprint density at radius 3 is 3.00 bits per heavy atom. The number of rotatable bonds is 3. The van der Waals surface area contributed by atoms with E-state index in [1.807, 2.05) is 12.1 Å². The number of aromatic amines is 1. The number of H-pyrrole nitrogens is 1. The molecule has 3 nitrogen and oxygen atoms in total. The number of nitrogens with one attached hydrogen (secondary N) is 1. The number of imidazole rings is 1. The molecule has 0 radical (unpaired) electrons. The summed E-state index contributed by atoms with van der Waals surface area (Å²) >= 11 is 1.79. The zero-order chi connectivity index (χ0) is 15.8. The first-order chi connectivity index (χ1) is 11.2. The van der Waals surface area contributed by atoms with E-state index >= 15 is 0 Å². The number of hydrogen-bond donors (Lipinski definition) is 1. The molecule has 23 heavy (non-hydrogen) atoms. The van der Waals surface area contributed by atoms with Crippen molar-refractivity contribution >= 4 is 28.5 Å². The second-order valence-corrected chi connectivity index (χ2v) is 7.27. The van der Waals surface area contributed by atoms with E-state index in [0.29, 0.717) is 0 Å². The highest BCUT2D eigenvalue weighted by Crippen LogP contribution is 2.34. The first kappa shape index (κ1) is 14.6. The van der Waals surface area contributed by atoms with Crippen LogP contribution in [0.1, 0.15) is 23.1 Å². The van der Waals surface area contributed by atoms with Crippen LogP contribution in [0.2, 0.25) is 0 Å². The number of para-hydroxylation sites is 2. The topological polar surface area (TPSA) is 31.9 Å². The van der Waals surface area contributed by atoms with E-state index in [0.717, 1.165) is 28.5 Å². The van der Waals surface area contributed by atoms with Crippen LogP contribution in [0.4, 0.5) is 5.69 Å². The lowest BCUT2D eigenvalue weighted by molar-refractivity contribution is 0.740. The smallest absolute Gasteiger partial charge is 0.166 e. The molecule has 3 aromatic rings. The fourth-order valence-corrected chi connectivity index (χ4v) is 4.34. The SMILES string of the molecule is Cc1cc2c(c(CSc3nc4ccccc4[nH]3)c1)N(C)CCC2. The van der Waals surface area contributed by atoms with Crippen LogP contribution >= 0.6 is 11.8 Å². The van der Waals surface area contributed by atoms with E-state index in [1.165, 1.54) is 35.2 Å². The lowest BCUT2D eigenvalue weighted by Gasteiger charge is -2.30. The van der Waals surface area contributed by atoms with Gasteiger partial charge in [0.25, 0.3) is 0 Å². The summed E-state index contributed by atoms with van der Waals surface area (Å²) in [5.41, 5.74) is 7.87. The predicted molar refractivity (Wildman–Crippen MR) is 98.4 cm³/mol. The molecule has 0 amide bonds. The maximum Gasteiger partial charge on any atom is 0.166 e. The molecule has 0 saturated heterocycles. The third-order valence-corrected chi connectivity index (χ3v) is 5.39. The summed E-state index contributed by atoms with van der Waals surface area (Å²) in [7, 11) is 2.21. The first-order valence-electron chi connectivity index (χ1n) is 8.12. The van der Waals surface area contributed by atoms with E-state index < -0.39 is 0 Å². The van der Waals surface area contributed by atoms with E-state index in [1.54, 1.807) is 11.8 Å².